The molecule has 4 heterocycles. The molecule has 0 aliphatic carbocycles. The Morgan fingerprint density at radius 1 is 1.08 bits per heavy atom. The second kappa shape index (κ2) is 7.38. The van der Waals surface area contributed by atoms with Gasteiger partial charge in [0.15, 0.2) is 0 Å². The van der Waals surface area contributed by atoms with Gasteiger partial charge in [0.05, 0.1) is 5.39 Å². The summed E-state index contributed by atoms with van der Waals surface area (Å²) in [5.74, 6) is 0.872. The second-order valence-electron chi connectivity index (χ2n) is 6.66. The Kier molecular flexibility index (Phi) is 5.79. The van der Waals surface area contributed by atoms with Crippen LogP contribution < -0.4 is 16.6 Å². The third-order valence-electron chi connectivity index (χ3n) is 5.20. The lowest BCUT2D eigenvalue weighted by atomic mass is 10.0. The summed E-state index contributed by atoms with van der Waals surface area (Å²) in [6.07, 6.45) is 0. The number of rotatable bonds is 1. The first-order valence-corrected chi connectivity index (χ1v) is 8.04. The van der Waals surface area contributed by atoms with Crippen LogP contribution in [0.1, 0.15) is 10.5 Å². The maximum absolute atomic E-state index is 12.7. The van der Waals surface area contributed by atoms with Crippen molar-refractivity contribution in [2.75, 3.05) is 26.2 Å². The Hall–Kier alpha value is -1.90. The van der Waals surface area contributed by atoms with Crippen molar-refractivity contribution < 1.29 is 4.79 Å². The van der Waals surface area contributed by atoms with Crippen molar-refractivity contribution in [3.63, 3.8) is 0 Å². The Bertz CT molecular complexity index is 959. The molecule has 0 aromatic carbocycles. The number of nitrogens with zero attached hydrogens (tertiary/aromatic N) is 4. The lowest BCUT2D eigenvalue weighted by molar-refractivity contribution is 0.0776. The number of likely N-dealkylation sites (tertiary alicyclic amines) is 1. The van der Waals surface area contributed by atoms with Gasteiger partial charge in [0.25, 0.3) is 11.5 Å². The standard InChI is InChI=1S/C16H19N5O3.2ClH/c1-19-13-11(14(22)20(2)16(19)24)3-4-12(18-13)15(23)21-7-9-5-17-6-10(9)8-21;;/h3-4,9-10,17H,5-8H2,1-2H3;2*1H/t9-,10+;;. The summed E-state index contributed by atoms with van der Waals surface area (Å²) in [7, 11) is 2.98. The first kappa shape index (κ1) is 20.4. The number of carbonyl (C=O) groups is 1. The fourth-order valence-electron chi connectivity index (χ4n) is 3.76. The second-order valence-corrected chi connectivity index (χ2v) is 6.66. The largest absolute Gasteiger partial charge is 0.337 e. The van der Waals surface area contributed by atoms with Crippen LogP contribution in [-0.4, -0.2) is 51.1 Å². The summed E-state index contributed by atoms with van der Waals surface area (Å²) in [5.41, 5.74) is -0.332. The minimum atomic E-state index is -0.452. The van der Waals surface area contributed by atoms with E-state index in [0.717, 1.165) is 30.7 Å². The fraction of sp³-hybridized carbons (Fsp3) is 0.500. The summed E-state index contributed by atoms with van der Waals surface area (Å²) in [4.78, 5) is 43.1. The highest BCUT2D eigenvalue weighted by Gasteiger charge is 2.38. The number of fused-ring (bicyclic) bond motifs is 2. The van der Waals surface area contributed by atoms with E-state index in [1.807, 2.05) is 4.90 Å². The quantitative estimate of drug-likeness (QED) is 0.712. The number of nitrogens with one attached hydrogen (secondary N) is 1. The zero-order chi connectivity index (χ0) is 17.0. The molecule has 4 rings (SSSR count). The van der Waals surface area contributed by atoms with Crippen LogP contribution in [0.4, 0.5) is 0 Å². The summed E-state index contributed by atoms with van der Waals surface area (Å²) in [6, 6.07) is 3.15. The highest BCUT2D eigenvalue weighted by molar-refractivity contribution is 5.94. The molecule has 1 N–H and O–H groups in total. The molecule has 2 aromatic rings. The van der Waals surface area contributed by atoms with Crippen molar-refractivity contribution in [1.82, 2.24) is 24.3 Å². The molecule has 0 radical (unpaired) electrons. The summed E-state index contributed by atoms with van der Waals surface area (Å²) < 4.78 is 2.34. The van der Waals surface area contributed by atoms with Gasteiger partial charge in [0, 0.05) is 40.3 Å². The molecule has 2 aliphatic heterocycles. The van der Waals surface area contributed by atoms with Crippen LogP contribution in [0.3, 0.4) is 0 Å². The van der Waals surface area contributed by atoms with Crippen LogP contribution in [0.2, 0.25) is 0 Å². The summed E-state index contributed by atoms with van der Waals surface area (Å²) in [5, 5.41) is 3.68. The average Bonchev–Trinajstić information content (AvgIpc) is 3.18. The molecule has 1 amide bonds. The number of hydrogen-bond donors (Lipinski definition) is 1. The van der Waals surface area contributed by atoms with Crippen LogP contribution >= 0.6 is 24.8 Å². The Balaban J connectivity index is 0.00000121. The molecule has 0 bridgehead atoms. The van der Waals surface area contributed by atoms with Gasteiger partial charge in [0.1, 0.15) is 11.3 Å². The minimum absolute atomic E-state index is 0. The van der Waals surface area contributed by atoms with Gasteiger partial charge in [-0.05, 0) is 24.0 Å². The fourth-order valence-corrected chi connectivity index (χ4v) is 3.76. The number of aromatic nitrogens is 3. The predicted octanol–water partition coefficient (Wildman–Crippen LogP) is -0.233. The molecule has 8 nitrogen and oxygen atoms in total. The third-order valence-corrected chi connectivity index (χ3v) is 5.20. The van der Waals surface area contributed by atoms with E-state index in [0.29, 0.717) is 17.2 Å². The monoisotopic (exact) mass is 401 g/mol. The van der Waals surface area contributed by atoms with Crippen molar-refractivity contribution in [2.24, 2.45) is 25.9 Å². The van der Waals surface area contributed by atoms with Gasteiger partial charge < -0.3 is 10.2 Å². The first-order chi connectivity index (χ1) is 11.5. The highest BCUT2D eigenvalue weighted by Crippen LogP contribution is 2.27. The molecule has 2 aromatic heterocycles. The van der Waals surface area contributed by atoms with Gasteiger partial charge in [-0.1, -0.05) is 0 Å². The average molecular weight is 402 g/mol. The molecule has 0 saturated carbocycles. The normalized spacial score (nSPS) is 21.2. The summed E-state index contributed by atoms with van der Waals surface area (Å²) in [6.45, 7) is 3.35. The first-order valence-electron chi connectivity index (χ1n) is 8.04. The summed E-state index contributed by atoms with van der Waals surface area (Å²) >= 11 is 0. The molecule has 2 aliphatic rings. The van der Waals surface area contributed by atoms with Crippen LogP contribution in [0.15, 0.2) is 21.7 Å². The zero-order valence-corrected chi connectivity index (χ0v) is 16.1. The van der Waals surface area contributed by atoms with Crippen molar-refractivity contribution in [3.05, 3.63) is 38.7 Å². The van der Waals surface area contributed by atoms with E-state index in [1.165, 1.54) is 11.6 Å². The molecular formula is C16H21Cl2N5O3. The minimum Gasteiger partial charge on any atom is -0.337 e. The van der Waals surface area contributed by atoms with Crippen LogP contribution in [0, 0.1) is 11.8 Å². The van der Waals surface area contributed by atoms with E-state index in [2.05, 4.69) is 10.3 Å². The van der Waals surface area contributed by atoms with Crippen LogP contribution in [-0.2, 0) is 14.1 Å². The number of carbonyl (C=O) groups excluding carboxylic acids is 1. The molecule has 10 heteroatoms. The van der Waals surface area contributed by atoms with Gasteiger partial charge in [0.2, 0.25) is 0 Å². The van der Waals surface area contributed by atoms with Gasteiger partial charge in [-0.2, -0.15) is 0 Å². The number of aryl methyl sites for hydroxylation is 1. The van der Waals surface area contributed by atoms with E-state index in [4.69, 9.17) is 0 Å². The maximum atomic E-state index is 12.7. The predicted molar refractivity (Wildman–Crippen MR) is 102 cm³/mol. The topological polar surface area (TPSA) is 89.2 Å². The highest BCUT2D eigenvalue weighted by atomic mass is 35.5. The lowest BCUT2D eigenvalue weighted by Crippen LogP contribution is -2.38. The molecule has 2 atom stereocenters. The van der Waals surface area contributed by atoms with E-state index in [9.17, 15) is 14.4 Å². The van der Waals surface area contributed by atoms with Crippen molar-refractivity contribution in [3.8, 4) is 0 Å². The van der Waals surface area contributed by atoms with Gasteiger partial charge >= 0.3 is 5.69 Å². The SMILES string of the molecule is Cl.Cl.Cn1c(=O)c2ccc(C(=O)N3C[C@H]4CNC[C@H]4C3)nc2n(C)c1=O. The zero-order valence-electron chi connectivity index (χ0n) is 14.5. The van der Waals surface area contributed by atoms with Gasteiger partial charge in [-0.3, -0.25) is 18.7 Å². The van der Waals surface area contributed by atoms with Crippen LogP contribution in [0.5, 0.6) is 0 Å². The van der Waals surface area contributed by atoms with E-state index in [1.54, 1.807) is 19.2 Å². The van der Waals surface area contributed by atoms with Gasteiger partial charge in [-0.15, -0.1) is 24.8 Å². The van der Waals surface area contributed by atoms with Crippen LogP contribution in [0.25, 0.3) is 11.0 Å². The van der Waals surface area contributed by atoms with E-state index < -0.39 is 11.2 Å². The molecular weight excluding hydrogens is 381 g/mol. The Morgan fingerprint density at radius 3 is 2.31 bits per heavy atom. The molecule has 26 heavy (non-hydrogen) atoms. The number of halogens is 2. The van der Waals surface area contributed by atoms with E-state index >= 15 is 0 Å². The van der Waals surface area contributed by atoms with Crippen molar-refractivity contribution >= 4 is 41.8 Å². The molecule has 0 spiro atoms. The Morgan fingerprint density at radius 2 is 1.69 bits per heavy atom. The number of hydrogen-bond acceptors (Lipinski definition) is 5. The molecule has 2 fully saturated rings. The maximum Gasteiger partial charge on any atom is 0.332 e. The number of pyridine rings is 1. The third kappa shape index (κ3) is 3.02. The molecule has 0 unspecified atom stereocenters. The molecule has 142 valence electrons. The van der Waals surface area contributed by atoms with Crippen molar-refractivity contribution in [2.45, 2.75) is 0 Å². The smallest absolute Gasteiger partial charge is 0.332 e. The molecule has 2 saturated heterocycles. The Labute approximate surface area is 162 Å². The lowest BCUT2D eigenvalue weighted by Gasteiger charge is -2.17. The van der Waals surface area contributed by atoms with Crippen molar-refractivity contribution in [1.29, 1.82) is 0 Å². The van der Waals surface area contributed by atoms with Gasteiger partial charge in [-0.25, -0.2) is 9.78 Å². The number of amides is 1. The van der Waals surface area contributed by atoms with E-state index in [-0.39, 0.29) is 42.1 Å².